The van der Waals surface area contributed by atoms with Crippen molar-refractivity contribution >= 4 is 11.9 Å². The van der Waals surface area contributed by atoms with E-state index >= 15 is 0 Å². The molecule has 1 saturated heterocycles. The number of nitrogens with zero attached hydrogens (tertiary/aromatic N) is 1. The molecule has 0 N–H and O–H groups in total. The van der Waals surface area contributed by atoms with Gasteiger partial charge in [-0.25, -0.2) is 9.59 Å². The number of esters is 2. The fourth-order valence-electron chi connectivity index (χ4n) is 5.00. The van der Waals surface area contributed by atoms with E-state index in [1.165, 1.54) is 14.2 Å². The van der Waals surface area contributed by atoms with Crippen molar-refractivity contribution in [3.8, 4) is 5.75 Å². The van der Waals surface area contributed by atoms with Gasteiger partial charge in [0.15, 0.2) is 11.7 Å². The van der Waals surface area contributed by atoms with E-state index in [0.29, 0.717) is 5.75 Å². The van der Waals surface area contributed by atoms with Crippen LogP contribution < -0.4 is 4.74 Å². The highest BCUT2D eigenvalue weighted by Gasteiger charge is 2.60. The van der Waals surface area contributed by atoms with Gasteiger partial charge in [-0.05, 0) is 29.3 Å². The van der Waals surface area contributed by atoms with E-state index in [9.17, 15) is 9.59 Å². The van der Waals surface area contributed by atoms with E-state index in [1.807, 2.05) is 42.5 Å². The number of ether oxygens (including phenoxy) is 5. The Labute approximate surface area is 210 Å². The monoisotopic (exact) mass is 491 g/mol. The quantitative estimate of drug-likeness (QED) is 0.412. The molecule has 0 aliphatic carbocycles. The minimum atomic E-state index is -1.36. The Hall–Kier alpha value is -3.46. The smallest absolute Gasteiger partial charge is 0.337 e. The first-order chi connectivity index (χ1) is 17.6. The maximum Gasteiger partial charge on any atom is 0.337 e. The Morgan fingerprint density at radius 1 is 1.00 bits per heavy atom. The Morgan fingerprint density at radius 3 is 2.36 bits per heavy atom. The van der Waals surface area contributed by atoms with Crippen LogP contribution in [0.4, 0.5) is 0 Å². The lowest BCUT2D eigenvalue weighted by molar-refractivity contribution is -0.140. The molecule has 2 aromatic rings. The van der Waals surface area contributed by atoms with Crippen molar-refractivity contribution in [1.29, 1.82) is 0 Å². The number of benzene rings is 2. The van der Waals surface area contributed by atoms with Crippen LogP contribution >= 0.6 is 0 Å². The molecular formula is C28H29NO7. The van der Waals surface area contributed by atoms with Crippen LogP contribution in [0.25, 0.3) is 0 Å². The number of hydrogen-bond donors (Lipinski definition) is 0. The zero-order valence-electron chi connectivity index (χ0n) is 20.3. The van der Waals surface area contributed by atoms with Crippen LogP contribution in [0, 0.1) is 0 Å². The molecule has 8 heteroatoms. The fourth-order valence-corrected chi connectivity index (χ4v) is 5.00. The highest BCUT2D eigenvalue weighted by molar-refractivity contribution is 6.05. The molecule has 3 aliphatic heterocycles. The average Bonchev–Trinajstić information content (AvgIpc) is 3.50. The summed E-state index contributed by atoms with van der Waals surface area (Å²) in [6, 6.07) is 17.4. The summed E-state index contributed by atoms with van der Waals surface area (Å²) in [6.07, 6.45) is 2.04. The minimum Gasteiger partial charge on any atom is -0.482 e. The normalized spacial score (nSPS) is 24.0. The molecule has 0 spiro atoms. The number of rotatable bonds is 8. The molecule has 2 bridgehead atoms. The summed E-state index contributed by atoms with van der Waals surface area (Å²) in [4.78, 5) is 28.1. The third-order valence-electron chi connectivity index (χ3n) is 6.76. The molecule has 36 heavy (non-hydrogen) atoms. The molecule has 0 radical (unpaired) electrons. The number of carbonyl (C=O) groups is 2. The van der Waals surface area contributed by atoms with E-state index in [-0.39, 0.29) is 11.1 Å². The Kier molecular flexibility index (Phi) is 6.91. The van der Waals surface area contributed by atoms with Gasteiger partial charge in [-0.2, -0.15) is 0 Å². The van der Waals surface area contributed by atoms with Crippen LogP contribution in [0.15, 0.2) is 77.9 Å². The number of hydrogen-bond acceptors (Lipinski definition) is 8. The predicted octanol–water partition coefficient (Wildman–Crippen LogP) is 2.99. The lowest BCUT2D eigenvalue weighted by Gasteiger charge is -2.35. The molecule has 2 aromatic carbocycles. The SMILES string of the molecule is COC(=O)C1=C(C(=O)OC)C2(C(Oc3ccccc3)c3ccc(CN4CCOCC4)cc3)C=CC1O2. The largest absolute Gasteiger partial charge is 0.482 e. The van der Waals surface area contributed by atoms with Gasteiger partial charge in [0.05, 0.1) is 38.6 Å². The van der Waals surface area contributed by atoms with E-state index < -0.39 is 29.7 Å². The lowest BCUT2D eigenvalue weighted by Crippen LogP contribution is -2.41. The topological polar surface area (TPSA) is 83.5 Å². The second-order valence-electron chi connectivity index (χ2n) is 8.90. The van der Waals surface area contributed by atoms with E-state index in [0.717, 1.165) is 44.0 Å². The highest BCUT2D eigenvalue weighted by atomic mass is 16.6. The second kappa shape index (κ2) is 10.3. The van der Waals surface area contributed by atoms with Crippen molar-refractivity contribution in [1.82, 2.24) is 4.90 Å². The summed E-state index contributed by atoms with van der Waals surface area (Å²) in [5.74, 6) is -0.691. The number of fused-ring (bicyclic) bond motifs is 2. The molecule has 188 valence electrons. The Balaban J connectivity index is 1.54. The maximum atomic E-state index is 13.0. The van der Waals surface area contributed by atoms with Crippen molar-refractivity contribution in [3.63, 3.8) is 0 Å². The summed E-state index contributed by atoms with van der Waals surface area (Å²) in [5, 5.41) is 0. The third kappa shape index (κ3) is 4.43. The predicted molar refractivity (Wildman–Crippen MR) is 130 cm³/mol. The number of methoxy groups -OCH3 is 2. The van der Waals surface area contributed by atoms with Gasteiger partial charge >= 0.3 is 11.9 Å². The van der Waals surface area contributed by atoms with Gasteiger partial charge in [0, 0.05) is 19.6 Å². The molecule has 3 atom stereocenters. The van der Waals surface area contributed by atoms with E-state index in [1.54, 1.807) is 12.2 Å². The standard InChI is InChI=1S/C28H29NO7/c1-32-26(30)23-22-12-13-28(36-22,24(23)27(31)33-2)25(35-21-6-4-3-5-7-21)20-10-8-19(9-11-20)18-29-14-16-34-17-15-29/h3-13,22,25H,14-18H2,1-2H3. The molecular weight excluding hydrogens is 462 g/mol. The van der Waals surface area contributed by atoms with Crippen molar-refractivity contribution in [2.75, 3.05) is 40.5 Å². The molecule has 3 aliphatic rings. The molecule has 1 fully saturated rings. The molecule has 5 rings (SSSR count). The van der Waals surface area contributed by atoms with Gasteiger partial charge in [-0.15, -0.1) is 0 Å². The maximum absolute atomic E-state index is 13.0. The molecule has 8 nitrogen and oxygen atoms in total. The number of morpholine rings is 1. The van der Waals surface area contributed by atoms with Crippen LogP contribution in [0.3, 0.4) is 0 Å². The first-order valence-corrected chi connectivity index (χ1v) is 11.9. The summed E-state index contributed by atoms with van der Waals surface area (Å²) < 4.78 is 28.3. The second-order valence-corrected chi connectivity index (χ2v) is 8.90. The highest BCUT2D eigenvalue weighted by Crippen LogP contribution is 2.52. The third-order valence-corrected chi connectivity index (χ3v) is 6.76. The number of para-hydroxylation sites is 1. The van der Waals surface area contributed by atoms with Crippen LogP contribution in [-0.2, 0) is 35.1 Å². The van der Waals surface area contributed by atoms with Crippen LogP contribution in [0.5, 0.6) is 5.75 Å². The average molecular weight is 492 g/mol. The minimum absolute atomic E-state index is 0.0997. The molecule has 0 amide bonds. The zero-order chi connectivity index (χ0) is 25.1. The first-order valence-electron chi connectivity index (χ1n) is 11.9. The van der Waals surface area contributed by atoms with Crippen molar-refractivity contribution in [2.45, 2.75) is 24.4 Å². The van der Waals surface area contributed by atoms with Gasteiger partial charge < -0.3 is 23.7 Å². The van der Waals surface area contributed by atoms with Gasteiger partial charge in [-0.1, -0.05) is 48.5 Å². The van der Waals surface area contributed by atoms with Gasteiger partial charge in [0.25, 0.3) is 0 Å². The summed E-state index contributed by atoms with van der Waals surface area (Å²) in [7, 11) is 2.55. The van der Waals surface area contributed by atoms with Crippen molar-refractivity contribution in [3.05, 3.63) is 89.0 Å². The van der Waals surface area contributed by atoms with Crippen LogP contribution in [0.1, 0.15) is 17.2 Å². The summed E-state index contributed by atoms with van der Waals surface area (Å²) in [5.41, 5.74) is 0.827. The van der Waals surface area contributed by atoms with E-state index in [2.05, 4.69) is 17.0 Å². The van der Waals surface area contributed by atoms with E-state index in [4.69, 9.17) is 23.7 Å². The molecule has 3 heterocycles. The zero-order valence-corrected chi connectivity index (χ0v) is 20.3. The van der Waals surface area contributed by atoms with Crippen LogP contribution in [-0.4, -0.2) is 69.1 Å². The summed E-state index contributed by atoms with van der Waals surface area (Å²) in [6.45, 7) is 4.09. The Bertz CT molecular complexity index is 1170. The molecule has 3 unspecified atom stereocenters. The van der Waals surface area contributed by atoms with Crippen LogP contribution in [0.2, 0.25) is 0 Å². The van der Waals surface area contributed by atoms with Gasteiger partial charge in [0.2, 0.25) is 0 Å². The lowest BCUT2D eigenvalue weighted by atomic mass is 9.80. The Morgan fingerprint density at radius 2 is 1.69 bits per heavy atom. The van der Waals surface area contributed by atoms with Crippen molar-refractivity contribution < 1.29 is 33.3 Å². The van der Waals surface area contributed by atoms with Crippen molar-refractivity contribution in [2.24, 2.45) is 0 Å². The first kappa shape index (κ1) is 24.2. The molecule has 0 aromatic heterocycles. The number of carbonyl (C=O) groups excluding carboxylic acids is 2. The van der Waals surface area contributed by atoms with Gasteiger partial charge in [0.1, 0.15) is 11.9 Å². The fraction of sp³-hybridized carbons (Fsp3) is 0.357. The van der Waals surface area contributed by atoms with Gasteiger partial charge in [-0.3, -0.25) is 4.90 Å². The summed E-state index contributed by atoms with van der Waals surface area (Å²) >= 11 is 0. The molecule has 0 saturated carbocycles.